The van der Waals surface area contributed by atoms with Gasteiger partial charge in [0.15, 0.2) is 5.82 Å². The number of likely N-dealkylation sites (N-methyl/N-ethyl adjacent to an activating group) is 1. The van der Waals surface area contributed by atoms with E-state index in [0.717, 1.165) is 44.0 Å². The summed E-state index contributed by atoms with van der Waals surface area (Å²) in [6.45, 7) is 9.74. The first-order valence-electron chi connectivity index (χ1n) is 9.66. The fourth-order valence-corrected chi connectivity index (χ4v) is 3.04. The van der Waals surface area contributed by atoms with E-state index >= 15 is 0 Å². The average Bonchev–Trinajstić information content (AvgIpc) is 2.68. The largest absolute Gasteiger partial charge is 0.353 e. The number of anilines is 1. The van der Waals surface area contributed by atoms with Crippen LogP contribution in [0.25, 0.3) is 11.4 Å². The highest BCUT2D eigenvalue weighted by molar-refractivity contribution is 5.99. The fraction of sp³-hybridized carbons (Fsp3) is 0.476. The van der Waals surface area contributed by atoms with E-state index in [1.54, 1.807) is 6.20 Å². The lowest BCUT2D eigenvalue weighted by atomic mass is 10.1. The van der Waals surface area contributed by atoms with Crippen LogP contribution in [0.2, 0.25) is 0 Å². The Balaban J connectivity index is 1.96. The van der Waals surface area contributed by atoms with E-state index < -0.39 is 0 Å². The highest BCUT2D eigenvalue weighted by atomic mass is 16.1. The Morgan fingerprint density at radius 1 is 1.19 bits per heavy atom. The number of nitrogens with one attached hydrogen (secondary N) is 1. The topological polar surface area (TPSA) is 61.4 Å². The molecule has 0 unspecified atom stereocenters. The van der Waals surface area contributed by atoms with Crippen LogP contribution in [-0.2, 0) is 0 Å². The molecule has 1 saturated heterocycles. The highest BCUT2D eigenvalue weighted by Gasteiger charge is 2.23. The molecule has 1 fully saturated rings. The SMILES string of the molecule is CC[C@H](C)NC(=O)c1cnc(-c2ccc(C)cc2)nc1N1CCN(C)CC1. The summed E-state index contributed by atoms with van der Waals surface area (Å²) in [5.74, 6) is 1.28. The van der Waals surface area contributed by atoms with Crippen molar-refractivity contribution in [2.24, 2.45) is 0 Å². The average molecular weight is 367 g/mol. The zero-order valence-corrected chi connectivity index (χ0v) is 16.7. The zero-order chi connectivity index (χ0) is 19.4. The Morgan fingerprint density at radius 2 is 1.85 bits per heavy atom. The van der Waals surface area contributed by atoms with Crippen LogP contribution in [0.15, 0.2) is 30.5 Å². The van der Waals surface area contributed by atoms with E-state index in [9.17, 15) is 4.79 Å². The highest BCUT2D eigenvalue weighted by Crippen LogP contribution is 2.24. The number of carbonyl (C=O) groups excluding carboxylic acids is 1. The van der Waals surface area contributed by atoms with Gasteiger partial charge in [-0.25, -0.2) is 9.97 Å². The Hall–Kier alpha value is -2.47. The minimum Gasteiger partial charge on any atom is -0.353 e. The number of aryl methyl sites for hydroxylation is 1. The maximum absolute atomic E-state index is 12.8. The van der Waals surface area contributed by atoms with Crippen molar-refractivity contribution in [1.29, 1.82) is 0 Å². The molecular weight excluding hydrogens is 338 g/mol. The van der Waals surface area contributed by atoms with E-state index in [4.69, 9.17) is 4.98 Å². The van der Waals surface area contributed by atoms with Crippen LogP contribution < -0.4 is 10.2 Å². The summed E-state index contributed by atoms with van der Waals surface area (Å²) in [5, 5.41) is 3.04. The van der Waals surface area contributed by atoms with Crippen molar-refractivity contribution in [3.63, 3.8) is 0 Å². The van der Waals surface area contributed by atoms with Crippen LogP contribution in [0, 0.1) is 6.92 Å². The fourth-order valence-electron chi connectivity index (χ4n) is 3.04. The lowest BCUT2D eigenvalue weighted by Gasteiger charge is -2.34. The number of rotatable bonds is 5. The number of piperazine rings is 1. The molecule has 144 valence electrons. The second-order valence-electron chi connectivity index (χ2n) is 7.37. The summed E-state index contributed by atoms with van der Waals surface area (Å²) in [4.78, 5) is 26.6. The first kappa shape index (κ1) is 19.3. The van der Waals surface area contributed by atoms with Crippen LogP contribution in [0.3, 0.4) is 0 Å². The molecular formula is C21H29N5O. The molecule has 0 bridgehead atoms. The van der Waals surface area contributed by atoms with Gasteiger partial charge in [-0.05, 0) is 27.3 Å². The van der Waals surface area contributed by atoms with Gasteiger partial charge < -0.3 is 15.1 Å². The number of amides is 1. The summed E-state index contributed by atoms with van der Waals surface area (Å²) >= 11 is 0. The molecule has 1 N–H and O–H groups in total. The molecule has 1 aliphatic rings. The Labute approximate surface area is 161 Å². The Kier molecular flexibility index (Phi) is 6.06. The second kappa shape index (κ2) is 8.48. The zero-order valence-electron chi connectivity index (χ0n) is 16.7. The lowest BCUT2D eigenvalue weighted by Crippen LogP contribution is -2.46. The van der Waals surface area contributed by atoms with Crippen molar-refractivity contribution in [3.05, 3.63) is 41.6 Å². The van der Waals surface area contributed by atoms with Gasteiger partial charge in [0.2, 0.25) is 0 Å². The van der Waals surface area contributed by atoms with Gasteiger partial charge in [-0.2, -0.15) is 0 Å². The Morgan fingerprint density at radius 3 is 2.48 bits per heavy atom. The molecule has 2 heterocycles. The predicted molar refractivity (Wildman–Crippen MR) is 109 cm³/mol. The molecule has 0 spiro atoms. The number of hydrogen-bond donors (Lipinski definition) is 1. The van der Waals surface area contributed by atoms with Crippen molar-refractivity contribution in [3.8, 4) is 11.4 Å². The van der Waals surface area contributed by atoms with E-state index in [-0.39, 0.29) is 11.9 Å². The van der Waals surface area contributed by atoms with Crippen molar-refractivity contribution in [2.75, 3.05) is 38.1 Å². The van der Waals surface area contributed by atoms with Crippen LogP contribution in [0.4, 0.5) is 5.82 Å². The van der Waals surface area contributed by atoms with Gasteiger partial charge in [0, 0.05) is 44.0 Å². The van der Waals surface area contributed by atoms with Crippen molar-refractivity contribution in [2.45, 2.75) is 33.2 Å². The van der Waals surface area contributed by atoms with Gasteiger partial charge >= 0.3 is 0 Å². The van der Waals surface area contributed by atoms with Gasteiger partial charge in [0.1, 0.15) is 11.4 Å². The van der Waals surface area contributed by atoms with Gasteiger partial charge in [-0.1, -0.05) is 36.8 Å². The molecule has 0 aliphatic carbocycles. The molecule has 1 aliphatic heterocycles. The first-order valence-corrected chi connectivity index (χ1v) is 9.66. The van der Waals surface area contributed by atoms with Crippen molar-refractivity contribution < 1.29 is 4.79 Å². The predicted octanol–water partition coefficient (Wildman–Crippen LogP) is 2.73. The van der Waals surface area contributed by atoms with E-state index in [2.05, 4.69) is 53.1 Å². The summed E-state index contributed by atoms with van der Waals surface area (Å²) in [5.41, 5.74) is 2.71. The van der Waals surface area contributed by atoms with Crippen LogP contribution in [0.1, 0.15) is 36.2 Å². The summed E-state index contributed by atoms with van der Waals surface area (Å²) in [6, 6.07) is 8.28. The minimum absolute atomic E-state index is 0.103. The van der Waals surface area contributed by atoms with Gasteiger partial charge in [0.25, 0.3) is 5.91 Å². The first-order chi connectivity index (χ1) is 13.0. The molecule has 6 nitrogen and oxygen atoms in total. The number of carbonyl (C=O) groups is 1. The number of nitrogens with zero attached hydrogens (tertiary/aromatic N) is 4. The van der Waals surface area contributed by atoms with Crippen molar-refractivity contribution in [1.82, 2.24) is 20.2 Å². The second-order valence-corrected chi connectivity index (χ2v) is 7.37. The summed E-state index contributed by atoms with van der Waals surface area (Å²) in [6.07, 6.45) is 2.56. The Bertz CT molecular complexity index is 782. The van der Waals surface area contributed by atoms with E-state index in [1.807, 2.05) is 19.1 Å². The summed E-state index contributed by atoms with van der Waals surface area (Å²) < 4.78 is 0. The number of hydrogen-bond acceptors (Lipinski definition) is 5. The van der Waals surface area contributed by atoms with Crippen molar-refractivity contribution >= 4 is 11.7 Å². The molecule has 1 amide bonds. The standard InChI is InChI=1S/C21H29N5O/c1-5-16(3)23-21(27)18-14-22-19(17-8-6-15(2)7-9-17)24-20(18)26-12-10-25(4)11-13-26/h6-9,14,16H,5,10-13H2,1-4H3,(H,23,27)/t16-/m0/s1. The maximum atomic E-state index is 12.8. The monoisotopic (exact) mass is 367 g/mol. The van der Waals surface area contributed by atoms with Crippen LogP contribution >= 0.6 is 0 Å². The van der Waals surface area contributed by atoms with Crippen LogP contribution in [-0.4, -0.2) is 60.0 Å². The molecule has 0 saturated carbocycles. The molecule has 3 rings (SSSR count). The normalized spacial score (nSPS) is 16.2. The summed E-state index contributed by atoms with van der Waals surface area (Å²) in [7, 11) is 2.12. The third-order valence-electron chi connectivity index (χ3n) is 5.12. The molecule has 27 heavy (non-hydrogen) atoms. The molecule has 0 radical (unpaired) electrons. The quantitative estimate of drug-likeness (QED) is 0.880. The van der Waals surface area contributed by atoms with Gasteiger partial charge in [-0.15, -0.1) is 0 Å². The molecule has 2 aromatic rings. The number of benzene rings is 1. The van der Waals surface area contributed by atoms with Gasteiger partial charge in [0.05, 0.1) is 0 Å². The molecule has 1 atom stereocenters. The molecule has 1 aromatic carbocycles. The smallest absolute Gasteiger partial charge is 0.256 e. The maximum Gasteiger partial charge on any atom is 0.256 e. The third-order valence-corrected chi connectivity index (χ3v) is 5.12. The third kappa shape index (κ3) is 4.63. The lowest BCUT2D eigenvalue weighted by molar-refractivity contribution is 0.0939. The van der Waals surface area contributed by atoms with E-state index in [1.165, 1.54) is 5.56 Å². The molecule has 1 aromatic heterocycles. The van der Waals surface area contributed by atoms with E-state index in [0.29, 0.717) is 11.4 Å². The van der Waals surface area contributed by atoms with Crippen LogP contribution in [0.5, 0.6) is 0 Å². The number of aromatic nitrogens is 2. The molecule has 6 heteroatoms. The van der Waals surface area contributed by atoms with Gasteiger partial charge in [-0.3, -0.25) is 4.79 Å². The minimum atomic E-state index is -0.103.